The summed E-state index contributed by atoms with van der Waals surface area (Å²) in [4.78, 5) is 36.8. The maximum absolute atomic E-state index is 12.6. The van der Waals surface area contributed by atoms with E-state index in [1.807, 2.05) is 30.3 Å². The summed E-state index contributed by atoms with van der Waals surface area (Å²) in [5.41, 5.74) is 3.58. The molecule has 0 aliphatic heterocycles. The molecular weight excluding hydrogens is 368 g/mol. The standard InChI is InChI=1S/C22H24N4O3/c27-20(24-17-11-5-2-6-12-17)18-13-7-8-14-19(18)25-21(28)22(29)26-23-15-16-9-3-1-4-10-16/h1,3-4,7-10,13-15,17H,2,5-6,11-12H2,(H,24,27)(H,25,28)(H,26,29). The first-order valence-electron chi connectivity index (χ1n) is 9.73. The third-order valence-electron chi connectivity index (χ3n) is 4.75. The van der Waals surface area contributed by atoms with Crippen molar-refractivity contribution in [1.29, 1.82) is 0 Å². The van der Waals surface area contributed by atoms with Gasteiger partial charge in [0, 0.05) is 6.04 Å². The molecule has 1 saturated carbocycles. The highest BCUT2D eigenvalue weighted by molar-refractivity contribution is 6.40. The zero-order valence-corrected chi connectivity index (χ0v) is 16.1. The fourth-order valence-electron chi connectivity index (χ4n) is 3.23. The lowest BCUT2D eigenvalue weighted by atomic mass is 9.95. The predicted octanol–water partition coefficient (Wildman–Crippen LogP) is 2.84. The molecule has 7 nitrogen and oxygen atoms in total. The Morgan fingerprint density at radius 3 is 2.31 bits per heavy atom. The summed E-state index contributed by atoms with van der Waals surface area (Å²) in [7, 11) is 0. The van der Waals surface area contributed by atoms with Crippen LogP contribution in [0.2, 0.25) is 0 Å². The van der Waals surface area contributed by atoms with Gasteiger partial charge in [-0.2, -0.15) is 5.10 Å². The van der Waals surface area contributed by atoms with Crippen LogP contribution in [0.3, 0.4) is 0 Å². The Hall–Kier alpha value is -3.48. The van der Waals surface area contributed by atoms with Crippen LogP contribution in [0.4, 0.5) is 5.69 Å². The van der Waals surface area contributed by atoms with Crippen molar-refractivity contribution in [3.63, 3.8) is 0 Å². The molecule has 0 heterocycles. The van der Waals surface area contributed by atoms with Gasteiger partial charge in [-0.05, 0) is 30.5 Å². The highest BCUT2D eigenvalue weighted by Gasteiger charge is 2.20. The van der Waals surface area contributed by atoms with E-state index in [9.17, 15) is 14.4 Å². The van der Waals surface area contributed by atoms with Gasteiger partial charge in [-0.1, -0.05) is 61.7 Å². The predicted molar refractivity (Wildman–Crippen MR) is 112 cm³/mol. The largest absolute Gasteiger partial charge is 0.349 e. The number of hydrogen-bond donors (Lipinski definition) is 3. The van der Waals surface area contributed by atoms with Crippen molar-refractivity contribution >= 4 is 29.6 Å². The topological polar surface area (TPSA) is 99.7 Å². The van der Waals surface area contributed by atoms with Crippen molar-refractivity contribution in [1.82, 2.24) is 10.7 Å². The molecule has 0 saturated heterocycles. The van der Waals surface area contributed by atoms with Gasteiger partial charge in [0.15, 0.2) is 0 Å². The van der Waals surface area contributed by atoms with Gasteiger partial charge in [0.05, 0.1) is 17.5 Å². The van der Waals surface area contributed by atoms with E-state index in [-0.39, 0.29) is 17.6 Å². The van der Waals surface area contributed by atoms with Crippen molar-refractivity contribution in [3.8, 4) is 0 Å². The second-order valence-electron chi connectivity index (χ2n) is 6.92. The monoisotopic (exact) mass is 392 g/mol. The average molecular weight is 392 g/mol. The number of rotatable bonds is 5. The highest BCUT2D eigenvalue weighted by Crippen LogP contribution is 2.20. The lowest BCUT2D eigenvalue weighted by Crippen LogP contribution is -2.37. The smallest absolute Gasteiger partial charge is 0.329 e. The molecule has 3 rings (SSSR count). The molecule has 0 aromatic heterocycles. The normalized spacial score (nSPS) is 14.3. The highest BCUT2D eigenvalue weighted by atomic mass is 16.2. The van der Waals surface area contributed by atoms with E-state index in [2.05, 4.69) is 21.2 Å². The molecule has 2 aromatic rings. The second kappa shape index (κ2) is 10.2. The van der Waals surface area contributed by atoms with Gasteiger partial charge >= 0.3 is 11.8 Å². The van der Waals surface area contributed by atoms with E-state index < -0.39 is 11.8 Å². The first-order chi connectivity index (χ1) is 14.1. The Bertz CT molecular complexity index is 890. The Labute approximate surface area is 169 Å². The molecule has 0 unspecified atom stereocenters. The van der Waals surface area contributed by atoms with E-state index in [1.165, 1.54) is 12.6 Å². The van der Waals surface area contributed by atoms with Crippen LogP contribution in [-0.4, -0.2) is 30.0 Å². The van der Waals surface area contributed by atoms with Crippen LogP contribution < -0.4 is 16.1 Å². The van der Waals surface area contributed by atoms with Gasteiger partial charge in [0.2, 0.25) is 0 Å². The number of hydrazone groups is 1. The van der Waals surface area contributed by atoms with Crippen molar-refractivity contribution in [3.05, 3.63) is 65.7 Å². The molecule has 150 valence electrons. The molecule has 1 aliphatic carbocycles. The van der Waals surface area contributed by atoms with E-state index in [4.69, 9.17) is 0 Å². The molecule has 0 bridgehead atoms. The van der Waals surface area contributed by atoms with Crippen LogP contribution in [0.5, 0.6) is 0 Å². The zero-order valence-electron chi connectivity index (χ0n) is 16.1. The molecule has 3 amide bonds. The summed E-state index contributed by atoms with van der Waals surface area (Å²) in [6.45, 7) is 0. The SMILES string of the molecule is O=C(NN=Cc1ccccc1)C(=O)Nc1ccccc1C(=O)NC1CCCCC1. The van der Waals surface area contributed by atoms with Crippen LogP contribution in [0.1, 0.15) is 48.0 Å². The first-order valence-corrected chi connectivity index (χ1v) is 9.73. The van der Waals surface area contributed by atoms with E-state index in [0.717, 1.165) is 31.2 Å². The fourth-order valence-corrected chi connectivity index (χ4v) is 3.23. The molecule has 1 fully saturated rings. The van der Waals surface area contributed by atoms with E-state index >= 15 is 0 Å². The minimum atomic E-state index is -0.917. The summed E-state index contributed by atoms with van der Waals surface area (Å²) >= 11 is 0. The second-order valence-corrected chi connectivity index (χ2v) is 6.92. The number of carbonyl (C=O) groups is 3. The number of anilines is 1. The maximum Gasteiger partial charge on any atom is 0.329 e. The lowest BCUT2D eigenvalue weighted by Gasteiger charge is -2.23. The van der Waals surface area contributed by atoms with Gasteiger partial charge in [0.1, 0.15) is 0 Å². The Balaban J connectivity index is 1.59. The van der Waals surface area contributed by atoms with Crippen molar-refractivity contribution < 1.29 is 14.4 Å². The van der Waals surface area contributed by atoms with Crippen molar-refractivity contribution in [2.75, 3.05) is 5.32 Å². The average Bonchev–Trinajstić information content (AvgIpc) is 2.75. The summed E-state index contributed by atoms with van der Waals surface area (Å²) in [6.07, 6.45) is 6.77. The minimum Gasteiger partial charge on any atom is -0.349 e. The fraction of sp³-hybridized carbons (Fsp3) is 0.273. The maximum atomic E-state index is 12.6. The van der Waals surface area contributed by atoms with Gasteiger partial charge < -0.3 is 10.6 Å². The molecule has 0 atom stereocenters. The molecule has 2 aromatic carbocycles. The number of amides is 3. The van der Waals surface area contributed by atoms with Gasteiger partial charge in [-0.25, -0.2) is 5.43 Å². The van der Waals surface area contributed by atoms with Crippen LogP contribution in [-0.2, 0) is 9.59 Å². The number of nitrogens with one attached hydrogen (secondary N) is 3. The molecule has 0 radical (unpaired) electrons. The van der Waals surface area contributed by atoms with Gasteiger partial charge in [-0.15, -0.1) is 0 Å². The Morgan fingerprint density at radius 1 is 0.862 bits per heavy atom. The molecule has 3 N–H and O–H groups in total. The molecule has 1 aliphatic rings. The zero-order chi connectivity index (χ0) is 20.5. The summed E-state index contributed by atoms with van der Waals surface area (Å²) in [5, 5.41) is 9.28. The number of carbonyl (C=O) groups excluding carboxylic acids is 3. The number of nitrogens with zero attached hydrogens (tertiary/aromatic N) is 1. The third kappa shape index (κ3) is 6.00. The Kier molecular flexibility index (Phi) is 7.10. The van der Waals surface area contributed by atoms with Crippen LogP contribution in [0.15, 0.2) is 59.7 Å². The van der Waals surface area contributed by atoms with Gasteiger partial charge in [-0.3, -0.25) is 14.4 Å². The number of para-hydroxylation sites is 1. The molecule has 29 heavy (non-hydrogen) atoms. The summed E-state index contributed by atoms with van der Waals surface area (Å²) < 4.78 is 0. The van der Waals surface area contributed by atoms with Gasteiger partial charge in [0.25, 0.3) is 5.91 Å². The molecule has 0 spiro atoms. The summed E-state index contributed by atoms with van der Waals surface area (Å²) in [6, 6.07) is 16.0. The van der Waals surface area contributed by atoms with Crippen molar-refractivity contribution in [2.45, 2.75) is 38.1 Å². The molecule has 7 heteroatoms. The van der Waals surface area contributed by atoms with E-state index in [0.29, 0.717) is 5.56 Å². The van der Waals surface area contributed by atoms with Crippen LogP contribution in [0, 0.1) is 0 Å². The van der Waals surface area contributed by atoms with Crippen LogP contribution >= 0.6 is 0 Å². The minimum absolute atomic E-state index is 0.149. The number of benzene rings is 2. The molecular formula is C22H24N4O3. The summed E-state index contributed by atoms with van der Waals surface area (Å²) in [5.74, 6) is -2.07. The lowest BCUT2D eigenvalue weighted by molar-refractivity contribution is -0.136. The quantitative estimate of drug-likeness (QED) is 0.414. The Morgan fingerprint density at radius 2 is 1.55 bits per heavy atom. The van der Waals surface area contributed by atoms with Crippen molar-refractivity contribution in [2.24, 2.45) is 5.10 Å². The third-order valence-corrected chi connectivity index (χ3v) is 4.75. The number of hydrogen-bond acceptors (Lipinski definition) is 4. The van der Waals surface area contributed by atoms with E-state index in [1.54, 1.807) is 24.3 Å². The first kappa shape index (κ1) is 20.3. The van der Waals surface area contributed by atoms with Crippen LogP contribution in [0.25, 0.3) is 0 Å².